The van der Waals surface area contributed by atoms with Crippen molar-refractivity contribution < 1.29 is 4.79 Å². The highest BCUT2D eigenvalue weighted by atomic mass is 16.1. The molecule has 0 spiro atoms. The van der Waals surface area contributed by atoms with Crippen LogP contribution in [0.3, 0.4) is 0 Å². The molecule has 0 amide bonds. The Bertz CT molecular complexity index is 496. The van der Waals surface area contributed by atoms with E-state index in [-0.39, 0.29) is 0 Å². The van der Waals surface area contributed by atoms with Crippen molar-refractivity contribution >= 4 is 17.5 Å². The highest BCUT2D eigenvalue weighted by molar-refractivity contribution is 5.86. The van der Waals surface area contributed by atoms with E-state index in [2.05, 4.69) is 9.98 Å². The van der Waals surface area contributed by atoms with Gasteiger partial charge < -0.3 is 0 Å². The molecule has 0 saturated heterocycles. The van der Waals surface area contributed by atoms with Crippen molar-refractivity contribution in [1.29, 1.82) is 0 Å². The van der Waals surface area contributed by atoms with E-state index < -0.39 is 0 Å². The van der Waals surface area contributed by atoms with E-state index in [1.807, 2.05) is 12.0 Å². The third-order valence-electron chi connectivity index (χ3n) is 1.68. The summed E-state index contributed by atoms with van der Waals surface area (Å²) in [5.74, 6) is 2.52. The van der Waals surface area contributed by atoms with Crippen molar-refractivity contribution in [2.24, 2.45) is 9.98 Å². The van der Waals surface area contributed by atoms with Crippen molar-refractivity contribution in [2.75, 3.05) is 0 Å². The maximum absolute atomic E-state index is 10.4. The van der Waals surface area contributed by atoms with Gasteiger partial charge in [0.1, 0.15) is 17.1 Å². The lowest BCUT2D eigenvalue weighted by atomic mass is 10.2. The summed E-state index contributed by atoms with van der Waals surface area (Å²) in [6.07, 6.45) is 0. The average Bonchev–Trinajstić information content (AvgIpc) is 2.44. The first kappa shape index (κ1) is 6.95. The van der Waals surface area contributed by atoms with Crippen molar-refractivity contribution in [3.8, 4) is 0 Å². The number of rotatable bonds is 0. The van der Waals surface area contributed by atoms with Crippen LogP contribution in [0.1, 0.15) is 6.92 Å². The van der Waals surface area contributed by atoms with Gasteiger partial charge in [0.2, 0.25) is 0 Å². The van der Waals surface area contributed by atoms with E-state index in [0.717, 1.165) is 5.69 Å². The Morgan fingerprint density at radius 3 is 2.92 bits per heavy atom. The summed E-state index contributed by atoms with van der Waals surface area (Å²) in [5, 5.41) is 1.12. The van der Waals surface area contributed by atoms with Crippen molar-refractivity contribution in [3.05, 3.63) is 28.8 Å². The molecule has 1 aromatic rings. The van der Waals surface area contributed by atoms with Crippen LogP contribution in [0.5, 0.6) is 0 Å². The molecule has 0 radical (unpaired) electrons. The van der Waals surface area contributed by atoms with Gasteiger partial charge in [-0.2, -0.15) is 0 Å². The Labute approximate surface area is 68.8 Å². The Morgan fingerprint density at radius 2 is 2.17 bits per heavy atom. The first-order chi connectivity index (χ1) is 5.81. The topological polar surface area (TPSA) is 41.8 Å². The van der Waals surface area contributed by atoms with Crippen LogP contribution in [-0.2, 0) is 4.79 Å². The molecule has 1 heterocycles. The molecule has 0 saturated carbocycles. The molecular weight excluding hydrogens is 152 g/mol. The van der Waals surface area contributed by atoms with Gasteiger partial charge in [-0.25, -0.2) is 14.8 Å². The van der Waals surface area contributed by atoms with Gasteiger partial charge in [0.05, 0.1) is 10.9 Å². The minimum Gasteiger partial charge on any atom is -0.233 e. The van der Waals surface area contributed by atoms with Crippen LogP contribution in [0.25, 0.3) is 0 Å². The number of hydrogen-bond donors (Lipinski definition) is 0. The summed E-state index contributed by atoms with van der Waals surface area (Å²) in [6.45, 7) is 1.80. The molecule has 0 aliphatic carbocycles. The molecule has 0 atom stereocenters. The molecule has 1 aromatic carbocycles. The highest BCUT2D eigenvalue weighted by Crippen LogP contribution is 2.06. The minimum atomic E-state index is 0.480. The number of hydrogen-bond acceptors (Lipinski definition) is 3. The molecule has 1 aliphatic heterocycles. The van der Waals surface area contributed by atoms with Crippen LogP contribution in [0, 0.1) is 0 Å². The van der Waals surface area contributed by atoms with Crippen molar-refractivity contribution in [3.63, 3.8) is 0 Å². The molecule has 58 valence electrons. The normalized spacial score (nSPS) is 12.9. The molecule has 12 heavy (non-hydrogen) atoms. The largest absolute Gasteiger partial charge is 0.233 e. The monoisotopic (exact) mass is 158 g/mol. The lowest BCUT2D eigenvalue weighted by Crippen LogP contribution is -2.24. The van der Waals surface area contributed by atoms with Crippen LogP contribution < -0.4 is 10.6 Å². The second kappa shape index (κ2) is 2.40. The third kappa shape index (κ3) is 0.881. The first-order valence-electron chi connectivity index (χ1n) is 3.59. The fraction of sp³-hybridized carbons (Fsp3) is 0.111. The van der Waals surface area contributed by atoms with Gasteiger partial charge in [0.15, 0.2) is 0 Å². The smallest absolute Gasteiger partial charge is 0.134 e. The fourth-order valence-electron chi connectivity index (χ4n) is 1.18. The van der Waals surface area contributed by atoms with Crippen molar-refractivity contribution in [1.82, 2.24) is 0 Å². The quantitative estimate of drug-likeness (QED) is 0.518. The van der Waals surface area contributed by atoms with E-state index in [0.29, 0.717) is 16.4 Å². The summed E-state index contributed by atoms with van der Waals surface area (Å²) in [6, 6.07) is 5.29. The second-order valence-electron chi connectivity index (χ2n) is 2.55. The predicted molar refractivity (Wildman–Crippen MR) is 44.8 cm³/mol. The number of nitrogens with zero attached hydrogens (tertiary/aromatic N) is 2. The Morgan fingerprint density at radius 1 is 1.33 bits per heavy atom. The van der Waals surface area contributed by atoms with E-state index in [4.69, 9.17) is 0 Å². The van der Waals surface area contributed by atoms with Crippen molar-refractivity contribution in [2.45, 2.75) is 6.92 Å². The number of fused-ring (bicyclic) bond motifs is 1. The number of amidine groups is 1. The van der Waals surface area contributed by atoms with Gasteiger partial charge in [-0.3, -0.25) is 0 Å². The van der Waals surface area contributed by atoms with Crippen LogP contribution >= 0.6 is 0 Å². The number of carbonyl (C=O) groups excluding carboxylic acids is 1. The number of benzene rings is 1. The molecule has 1 aliphatic rings. The molecule has 3 nitrogen and oxygen atoms in total. The second-order valence-corrected chi connectivity index (χ2v) is 2.55. The summed E-state index contributed by atoms with van der Waals surface area (Å²) >= 11 is 0. The molecule has 0 unspecified atom stereocenters. The van der Waals surface area contributed by atoms with Crippen LogP contribution in [-0.4, -0.2) is 11.8 Å². The molecule has 0 N–H and O–H groups in total. The zero-order chi connectivity index (χ0) is 8.55. The summed E-state index contributed by atoms with van der Waals surface area (Å²) in [7, 11) is 0. The average molecular weight is 158 g/mol. The van der Waals surface area contributed by atoms with E-state index in [1.54, 1.807) is 19.1 Å². The van der Waals surface area contributed by atoms with Gasteiger partial charge in [0, 0.05) is 0 Å². The number of aliphatic imine (C=N–C) groups is 1. The minimum absolute atomic E-state index is 0.480. The highest BCUT2D eigenvalue weighted by Gasteiger charge is 2.03. The first-order valence-corrected chi connectivity index (χ1v) is 3.59. The molecular formula is C9H6N2O. The molecule has 3 heteroatoms. The lowest BCUT2D eigenvalue weighted by Gasteiger charge is -1.84. The van der Waals surface area contributed by atoms with E-state index in [1.165, 1.54) is 0 Å². The standard InChI is InChI=1S/C9H6N2O/c1-6-10-8-4-2-3-7(5-12)9(8)11-6/h2-4H,1H3. The third-order valence-corrected chi connectivity index (χ3v) is 1.68. The Kier molecular flexibility index (Phi) is 1.39. The zero-order valence-corrected chi connectivity index (χ0v) is 6.53. The zero-order valence-electron chi connectivity index (χ0n) is 6.53. The van der Waals surface area contributed by atoms with Gasteiger partial charge in [-0.05, 0) is 19.1 Å². The molecule has 0 aromatic heterocycles. The maximum Gasteiger partial charge on any atom is 0.134 e. The summed E-state index contributed by atoms with van der Waals surface area (Å²) in [5.41, 5.74) is 0.758. The van der Waals surface area contributed by atoms with Gasteiger partial charge in [-0.1, -0.05) is 6.07 Å². The Balaban J connectivity index is 2.96. The molecule has 2 rings (SSSR count). The van der Waals surface area contributed by atoms with Gasteiger partial charge >= 0.3 is 0 Å². The Hall–Kier alpha value is -1.73. The van der Waals surface area contributed by atoms with Gasteiger partial charge in [-0.15, -0.1) is 0 Å². The van der Waals surface area contributed by atoms with E-state index >= 15 is 0 Å². The number of para-hydroxylation sites is 1. The summed E-state index contributed by atoms with van der Waals surface area (Å²) in [4.78, 5) is 18.7. The molecule has 0 fully saturated rings. The van der Waals surface area contributed by atoms with Gasteiger partial charge in [0.25, 0.3) is 0 Å². The van der Waals surface area contributed by atoms with Crippen LogP contribution in [0.4, 0.5) is 5.69 Å². The predicted octanol–water partition coefficient (Wildman–Crippen LogP) is -0.127. The van der Waals surface area contributed by atoms with E-state index in [9.17, 15) is 4.79 Å². The lowest BCUT2D eigenvalue weighted by molar-refractivity contribution is 0.567. The SMILES string of the molecule is CC1=Nc2cccc(=C=O)c2=N1. The maximum atomic E-state index is 10.4. The fourth-order valence-corrected chi connectivity index (χ4v) is 1.18. The summed E-state index contributed by atoms with van der Waals surface area (Å²) < 4.78 is 0. The molecule has 0 bridgehead atoms. The van der Waals surface area contributed by atoms with Crippen LogP contribution in [0.15, 0.2) is 28.2 Å². The van der Waals surface area contributed by atoms with Crippen LogP contribution in [0.2, 0.25) is 0 Å².